The third-order valence-electron chi connectivity index (χ3n) is 6.32. The molecule has 0 radical (unpaired) electrons. The number of anilines is 1. The number of nitrogens with zero attached hydrogens (tertiary/aromatic N) is 4. The second-order valence-corrected chi connectivity index (χ2v) is 10.6. The van der Waals surface area contributed by atoms with Crippen LogP contribution >= 0.6 is 7.60 Å². The van der Waals surface area contributed by atoms with Gasteiger partial charge in [-0.2, -0.15) is 10.2 Å². The van der Waals surface area contributed by atoms with E-state index >= 15 is 0 Å². The number of azo groups is 1. The molecule has 172 valence electrons. The molecule has 9 nitrogen and oxygen atoms in total. The summed E-state index contributed by atoms with van der Waals surface area (Å²) in [5.41, 5.74) is 2.42. The largest absolute Gasteiger partial charge is 0.357 e. The van der Waals surface area contributed by atoms with Crippen molar-refractivity contribution in [3.8, 4) is 0 Å². The van der Waals surface area contributed by atoms with E-state index in [0.29, 0.717) is 11.4 Å². The second kappa shape index (κ2) is 8.73. The molecule has 3 rings (SSSR count). The molecule has 2 aromatic rings. The fourth-order valence-corrected chi connectivity index (χ4v) is 6.74. The minimum Gasteiger partial charge on any atom is -0.357 e. The normalized spacial score (nSPS) is 20.0. The fourth-order valence-electron chi connectivity index (χ4n) is 4.20. The highest BCUT2D eigenvalue weighted by atomic mass is 31.2. The SMILES string of the molecule is CCOP(=O)(OCC)C1(C)N(C)c2ccc(N=Nc3ccc([N+](=O)[O-])cc3)cc2C1(C)C. The zero-order valence-corrected chi connectivity index (χ0v) is 20.1. The van der Waals surface area contributed by atoms with Crippen molar-refractivity contribution < 1.29 is 18.5 Å². The molecule has 0 aromatic heterocycles. The molecule has 2 aromatic carbocycles. The van der Waals surface area contributed by atoms with Crippen LogP contribution in [0.5, 0.6) is 0 Å². The van der Waals surface area contributed by atoms with E-state index in [1.54, 1.807) is 26.0 Å². The predicted molar refractivity (Wildman–Crippen MR) is 124 cm³/mol. The molecule has 10 heteroatoms. The summed E-state index contributed by atoms with van der Waals surface area (Å²) in [6.07, 6.45) is 0. The molecule has 0 aliphatic carbocycles. The minimum atomic E-state index is -3.51. The van der Waals surface area contributed by atoms with Crippen LogP contribution in [0.1, 0.15) is 40.2 Å². The number of non-ortho nitro benzene ring substituents is 1. The average Bonchev–Trinajstić information content (AvgIpc) is 2.91. The molecule has 0 N–H and O–H groups in total. The first-order valence-corrected chi connectivity index (χ1v) is 12.0. The maximum absolute atomic E-state index is 13.9. The second-order valence-electron chi connectivity index (χ2n) is 8.21. The van der Waals surface area contributed by atoms with E-state index in [0.717, 1.165) is 11.3 Å². The Balaban J connectivity index is 1.99. The van der Waals surface area contributed by atoms with Gasteiger partial charge < -0.3 is 13.9 Å². The lowest BCUT2D eigenvalue weighted by Crippen LogP contribution is -2.52. The van der Waals surface area contributed by atoms with Crippen molar-refractivity contribution in [2.24, 2.45) is 10.2 Å². The lowest BCUT2D eigenvalue weighted by Gasteiger charge is -2.46. The summed E-state index contributed by atoms with van der Waals surface area (Å²) in [6, 6.07) is 11.6. The van der Waals surface area contributed by atoms with Gasteiger partial charge in [0, 0.05) is 30.3 Å². The number of nitro benzene ring substituents is 1. The van der Waals surface area contributed by atoms with Crippen LogP contribution in [-0.2, 0) is 19.0 Å². The smallest absolute Gasteiger partial charge is 0.356 e. The van der Waals surface area contributed by atoms with Crippen molar-refractivity contribution in [3.05, 3.63) is 58.1 Å². The molecule has 32 heavy (non-hydrogen) atoms. The summed E-state index contributed by atoms with van der Waals surface area (Å²) in [5.74, 6) is 0. The van der Waals surface area contributed by atoms with E-state index in [-0.39, 0.29) is 18.9 Å². The van der Waals surface area contributed by atoms with Gasteiger partial charge in [-0.3, -0.25) is 14.7 Å². The minimum absolute atomic E-state index is 0.00132. The van der Waals surface area contributed by atoms with Gasteiger partial charge >= 0.3 is 7.60 Å². The Labute approximate surface area is 188 Å². The summed E-state index contributed by atoms with van der Waals surface area (Å²) < 4.78 is 25.4. The van der Waals surface area contributed by atoms with Crippen LogP contribution in [0.25, 0.3) is 0 Å². The third kappa shape index (κ3) is 3.74. The van der Waals surface area contributed by atoms with Crippen molar-refractivity contribution in [3.63, 3.8) is 0 Å². The predicted octanol–water partition coefficient (Wildman–Crippen LogP) is 6.72. The maximum atomic E-state index is 13.9. The molecule has 1 heterocycles. The van der Waals surface area contributed by atoms with Crippen LogP contribution < -0.4 is 4.90 Å². The van der Waals surface area contributed by atoms with Gasteiger partial charge in [0.2, 0.25) is 0 Å². The first-order chi connectivity index (χ1) is 15.0. The first kappa shape index (κ1) is 24.0. The lowest BCUT2D eigenvalue weighted by atomic mass is 9.80. The van der Waals surface area contributed by atoms with Crippen molar-refractivity contribution in [2.45, 2.75) is 45.3 Å². The molecular formula is C22H29N4O5P. The van der Waals surface area contributed by atoms with Gasteiger partial charge in [0.1, 0.15) is 5.28 Å². The molecule has 0 fully saturated rings. The van der Waals surface area contributed by atoms with Crippen LogP contribution in [0, 0.1) is 10.1 Å². The number of hydrogen-bond donors (Lipinski definition) is 0. The Morgan fingerprint density at radius 2 is 1.53 bits per heavy atom. The van der Waals surface area contributed by atoms with Crippen LogP contribution in [0.2, 0.25) is 0 Å². The maximum Gasteiger partial charge on any atom is 0.356 e. The van der Waals surface area contributed by atoms with E-state index in [1.807, 2.05) is 50.9 Å². The fraction of sp³-hybridized carbons (Fsp3) is 0.455. The Kier molecular flexibility index (Phi) is 6.56. The van der Waals surface area contributed by atoms with Crippen molar-refractivity contribution in [2.75, 3.05) is 25.2 Å². The van der Waals surface area contributed by atoms with Crippen LogP contribution in [0.3, 0.4) is 0 Å². The van der Waals surface area contributed by atoms with E-state index in [2.05, 4.69) is 10.2 Å². The summed E-state index contributed by atoms with van der Waals surface area (Å²) in [4.78, 5) is 12.3. The van der Waals surface area contributed by atoms with E-state index < -0.39 is 23.2 Å². The number of nitro groups is 1. The quantitative estimate of drug-likeness (QED) is 0.187. The molecule has 1 unspecified atom stereocenters. The van der Waals surface area contributed by atoms with Crippen molar-refractivity contribution in [1.29, 1.82) is 0 Å². The topological polar surface area (TPSA) is 107 Å². The zero-order valence-electron chi connectivity index (χ0n) is 19.2. The summed E-state index contributed by atoms with van der Waals surface area (Å²) in [5, 5.41) is 18.4. The molecule has 0 bridgehead atoms. The highest BCUT2D eigenvalue weighted by Gasteiger charge is 2.64. The molecule has 0 saturated carbocycles. The Bertz CT molecular complexity index is 1080. The zero-order chi connectivity index (χ0) is 23.7. The van der Waals surface area contributed by atoms with Crippen LogP contribution in [0.4, 0.5) is 22.7 Å². The van der Waals surface area contributed by atoms with Gasteiger partial charge in [0.15, 0.2) is 0 Å². The van der Waals surface area contributed by atoms with Crippen LogP contribution in [-0.4, -0.2) is 30.5 Å². The number of fused-ring (bicyclic) bond motifs is 1. The lowest BCUT2D eigenvalue weighted by molar-refractivity contribution is -0.384. The van der Waals surface area contributed by atoms with Crippen LogP contribution in [0.15, 0.2) is 52.7 Å². The van der Waals surface area contributed by atoms with E-state index in [1.165, 1.54) is 12.1 Å². The number of hydrogen-bond acceptors (Lipinski definition) is 8. The van der Waals surface area contributed by atoms with Gasteiger partial charge in [0.25, 0.3) is 5.69 Å². The Morgan fingerprint density at radius 3 is 2.06 bits per heavy atom. The summed E-state index contributed by atoms with van der Waals surface area (Å²) >= 11 is 0. The highest BCUT2D eigenvalue weighted by molar-refractivity contribution is 7.56. The molecule has 1 atom stereocenters. The number of rotatable bonds is 8. The molecule has 0 amide bonds. The molecular weight excluding hydrogens is 431 g/mol. The molecule has 0 spiro atoms. The van der Waals surface area contributed by atoms with Gasteiger partial charge in [-0.25, -0.2) is 0 Å². The average molecular weight is 460 g/mol. The van der Waals surface area contributed by atoms with E-state index in [4.69, 9.17) is 9.05 Å². The monoisotopic (exact) mass is 460 g/mol. The van der Waals surface area contributed by atoms with Crippen molar-refractivity contribution in [1.82, 2.24) is 0 Å². The Hall–Kier alpha value is -2.61. The van der Waals surface area contributed by atoms with Gasteiger partial charge in [-0.05, 0) is 56.7 Å². The standard InChI is InChI=1S/C22H29N4O5P/c1-7-30-32(29,31-8-2)22(5)21(3,4)19-15-17(11-14-20(19)25(22)6)24-23-16-9-12-18(13-10-16)26(27)28/h9-15H,7-8H2,1-6H3. The molecule has 1 aliphatic rings. The van der Waals surface area contributed by atoms with Gasteiger partial charge in [0.05, 0.1) is 29.5 Å². The summed E-state index contributed by atoms with van der Waals surface area (Å²) in [6.45, 7) is 10.1. The van der Waals surface area contributed by atoms with Gasteiger partial charge in [-0.15, -0.1) is 0 Å². The third-order valence-corrected chi connectivity index (χ3v) is 9.45. The Morgan fingerprint density at radius 1 is 1.00 bits per heavy atom. The van der Waals surface area contributed by atoms with Crippen molar-refractivity contribution >= 4 is 30.3 Å². The highest BCUT2D eigenvalue weighted by Crippen LogP contribution is 2.71. The first-order valence-electron chi connectivity index (χ1n) is 10.5. The number of likely N-dealkylation sites (N-methyl/N-ethyl adjacent to an activating group) is 1. The molecule has 1 aliphatic heterocycles. The molecule has 0 saturated heterocycles. The van der Waals surface area contributed by atoms with E-state index in [9.17, 15) is 14.7 Å². The van der Waals surface area contributed by atoms with Gasteiger partial charge in [-0.1, -0.05) is 13.8 Å². The number of benzene rings is 2. The summed E-state index contributed by atoms with van der Waals surface area (Å²) in [7, 11) is -1.61.